The molecular weight excluding hydrogens is 323 g/mol. The number of halogens is 2. The van der Waals surface area contributed by atoms with E-state index in [2.05, 4.69) is 21.2 Å². The minimum absolute atomic E-state index is 0.244. The minimum Gasteiger partial charge on any atom is -0.397 e. The molecule has 0 aliphatic carbocycles. The topological polar surface area (TPSA) is 85.6 Å². The lowest BCUT2D eigenvalue weighted by Crippen LogP contribution is -1.98. The van der Waals surface area contributed by atoms with E-state index in [0.29, 0.717) is 16.9 Å². The van der Waals surface area contributed by atoms with Crippen LogP contribution in [0.15, 0.2) is 34.8 Å². The fourth-order valence-corrected chi connectivity index (χ4v) is 1.98. The van der Waals surface area contributed by atoms with Crippen molar-refractivity contribution in [3.8, 4) is 12.1 Å². The summed E-state index contributed by atoms with van der Waals surface area (Å²) in [6.45, 7) is 0. The first kappa shape index (κ1) is 13.9. The van der Waals surface area contributed by atoms with Crippen molar-refractivity contribution in [1.82, 2.24) is 0 Å². The Morgan fingerprint density at radius 1 is 1.10 bits per heavy atom. The fraction of sp³-hybridized carbons (Fsp3) is 0. The first-order valence-electron chi connectivity index (χ1n) is 5.51. The van der Waals surface area contributed by atoms with Gasteiger partial charge >= 0.3 is 0 Å². The summed E-state index contributed by atoms with van der Waals surface area (Å²) in [4.78, 5) is 0. The van der Waals surface area contributed by atoms with E-state index in [1.54, 1.807) is 6.07 Å². The number of hydrogen-bond donors (Lipinski definition) is 2. The smallest absolute Gasteiger partial charge is 0.139 e. The predicted molar refractivity (Wildman–Crippen MR) is 77.7 cm³/mol. The third-order valence-corrected chi connectivity index (χ3v) is 3.24. The summed E-state index contributed by atoms with van der Waals surface area (Å²) in [5.41, 5.74) is 7.62. The van der Waals surface area contributed by atoms with Gasteiger partial charge in [-0.2, -0.15) is 10.5 Å². The summed E-state index contributed by atoms with van der Waals surface area (Å²) in [5.74, 6) is -0.453. The molecule has 3 N–H and O–H groups in total. The third-order valence-electron chi connectivity index (χ3n) is 2.63. The number of nitrogens with zero attached hydrogens (tertiary/aromatic N) is 2. The average Bonchev–Trinajstić information content (AvgIpc) is 2.44. The van der Waals surface area contributed by atoms with Crippen molar-refractivity contribution < 1.29 is 4.39 Å². The average molecular weight is 331 g/mol. The van der Waals surface area contributed by atoms with Gasteiger partial charge in [0.15, 0.2) is 0 Å². The van der Waals surface area contributed by atoms with Gasteiger partial charge in [-0.3, -0.25) is 0 Å². The van der Waals surface area contributed by atoms with E-state index in [1.165, 1.54) is 24.3 Å². The van der Waals surface area contributed by atoms with Crippen LogP contribution in [0, 0.1) is 28.5 Å². The lowest BCUT2D eigenvalue weighted by atomic mass is 10.1. The van der Waals surface area contributed by atoms with Crippen LogP contribution in [0.1, 0.15) is 11.1 Å². The normalized spacial score (nSPS) is 9.60. The lowest BCUT2D eigenvalue weighted by molar-refractivity contribution is 0.622. The molecule has 2 aromatic carbocycles. The molecule has 0 spiro atoms. The minimum atomic E-state index is -0.453. The van der Waals surface area contributed by atoms with Crippen LogP contribution in [-0.2, 0) is 0 Å². The van der Waals surface area contributed by atoms with Gasteiger partial charge in [0, 0.05) is 11.8 Å². The molecule has 0 saturated carbocycles. The molecule has 0 aromatic heterocycles. The zero-order chi connectivity index (χ0) is 14.7. The summed E-state index contributed by atoms with van der Waals surface area (Å²) in [6.07, 6.45) is 0. The van der Waals surface area contributed by atoms with Gasteiger partial charge in [-0.15, -0.1) is 0 Å². The Balaban J connectivity index is 2.39. The highest BCUT2D eigenvalue weighted by Gasteiger charge is 2.08. The fourth-order valence-electron chi connectivity index (χ4n) is 1.64. The highest BCUT2D eigenvalue weighted by atomic mass is 79.9. The maximum Gasteiger partial charge on any atom is 0.139 e. The zero-order valence-electron chi connectivity index (χ0n) is 10.1. The summed E-state index contributed by atoms with van der Waals surface area (Å²) >= 11 is 3.08. The molecule has 0 fully saturated rings. The monoisotopic (exact) mass is 330 g/mol. The summed E-state index contributed by atoms with van der Waals surface area (Å²) < 4.78 is 13.6. The number of anilines is 3. The molecular formula is C14H8BrFN4. The van der Waals surface area contributed by atoms with Crippen LogP contribution in [0.25, 0.3) is 0 Å². The number of hydrogen-bond acceptors (Lipinski definition) is 4. The Bertz CT molecular complexity index is 759. The molecule has 0 heterocycles. The van der Waals surface area contributed by atoms with Crippen molar-refractivity contribution in [1.29, 1.82) is 10.5 Å². The highest BCUT2D eigenvalue weighted by molar-refractivity contribution is 9.10. The molecule has 98 valence electrons. The number of nitrogen functional groups attached to an aromatic ring is 1. The molecule has 0 saturated heterocycles. The molecule has 4 nitrogen and oxygen atoms in total. The van der Waals surface area contributed by atoms with Gasteiger partial charge in [-0.1, -0.05) is 0 Å². The van der Waals surface area contributed by atoms with E-state index in [4.69, 9.17) is 16.3 Å². The van der Waals surface area contributed by atoms with Gasteiger partial charge in [0.25, 0.3) is 0 Å². The van der Waals surface area contributed by atoms with Gasteiger partial charge in [-0.25, -0.2) is 4.39 Å². The molecule has 0 amide bonds. The number of nitrogens with one attached hydrogen (secondary N) is 1. The second-order valence-corrected chi connectivity index (χ2v) is 4.82. The first-order chi connectivity index (χ1) is 9.55. The summed E-state index contributed by atoms with van der Waals surface area (Å²) in [5, 5.41) is 20.8. The molecule has 0 bridgehead atoms. The number of nitrogens with two attached hydrogens (primary N) is 1. The van der Waals surface area contributed by atoms with Crippen LogP contribution in [0.3, 0.4) is 0 Å². The van der Waals surface area contributed by atoms with Crippen molar-refractivity contribution in [2.45, 2.75) is 0 Å². The van der Waals surface area contributed by atoms with E-state index in [-0.39, 0.29) is 15.7 Å². The molecule has 2 rings (SSSR count). The summed E-state index contributed by atoms with van der Waals surface area (Å²) in [7, 11) is 0. The van der Waals surface area contributed by atoms with Crippen LogP contribution >= 0.6 is 15.9 Å². The van der Waals surface area contributed by atoms with E-state index in [0.717, 1.165) is 0 Å². The second kappa shape index (κ2) is 5.60. The number of rotatable bonds is 2. The van der Waals surface area contributed by atoms with Crippen LogP contribution in [0.5, 0.6) is 0 Å². The maximum absolute atomic E-state index is 13.3. The second-order valence-electron chi connectivity index (χ2n) is 3.96. The largest absolute Gasteiger partial charge is 0.397 e. The van der Waals surface area contributed by atoms with Crippen molar-refractivity contribution in [2.24, 2.45) is 0 Å². The first-order valence-corrected chi connectivity index (χ1v) is 6.30. The SMILES string of the molecule is N#Cc1ccc(Nc2cc(Br)c(F)cc2N)cc1C#N. The Morgan fingerprint density at radius 2 is 1.80 bits per heavy atom. The van der Waals surface area contributed by atoms with Crippen molar-refractivity contribution in [2.75, 3.05) is 11.1 Å². The molecule has 20 heavy (non-hydrogen) atoms. The summed E-state index contributed by atoms with van der Waals surface area (Å²) in [6, 6.07) is 11.3. The van der Waals surface area contributed by atoms with Gasteiger partial charge in [0.1, 0.15) is 18.0 Å². The van der Waals surface area contributed by atoms with Crippen LogP contribution in [0.2, 0.25) is 0 Å². The Kier molecular flexibility index (Phi) is 3.88. The van der Waals surface area contributed by atoms with Gasteiger partial charge in [0.2, 0.25) is 0 Å². The van der Waals surface area contributed by atoms with Crippen molar-refractivity contribution >= 4 is 33.0 Å². The molecule has 0 atom stereocenters. The molecule has 0 aliphatic rings. The lowest BCUT2D eigenvalue weighted by Gasteiger charge is -2.11. The number of nitriles is 2. The molecule has 2 aromatic rings. The quantitative estimate of drug-likeness (QED) is 0.823. The molecule has 0 aliphatic heterocycles. The van der Waals surface area contributed by atoms with Crippen LogP contribution < -0.4 is 11.1 Å². The molecule has 0 unspecified atom stereocenters. The highest BCUT2D eigenvalue weighted by Crippen LogP contribution is 2.29. The maximum atomic E-state index is 13.3. The van der Waals surface area contributed by atoms with E-state index < -0.39 is 5.82 Å². The molecule has 6 heteroatoms. The third kappa shape index (κ3) is 2.71. The van der Waals surface area contributed by atoms with Gasteiger partial charge in [-0.05, 0) is 40.2 Å². The van der Waals surface area contributed by atoms with Crippen LogP contribution in [0.4, 0.5) is 21.5 Å². The van der Waals surface area contributed by atoms with E-state index in [1.807, 2.05) is 12.1 Å². The van der Waals surface area contributed by atoms with Gasteiger partial charge < -0.3 is 11.1 Å². The molecule has 0 radical (unpaired) electrons. The van der Waals surface area contributed by atoms with Crippen molar-refractivity contribution in [3.05, 3.63) is 51.7 Å². The zero-order valence-corrected chi connectivity index (χ0v) is 11.7. The van der Waals surface area contributed by atoms with Gasteiger partial charge in [0.05, 0.1) is 27.0 Å². The number of benzene rings is 2. The van der Waals surface area contributed by atoms with E-state index in [9.17, 15) is 4.39 Å². The Labute approximate surface area is 123 Å². The Hall–Kier alpha value is -2.57. The van der Waals surface area contributed by atoms with E-state index >= 15 is 0 Å². The standard InChI is InChI=1S/C14H8BrFN4/c15-11-4-14(13(19)5-12(11)16)20-10-2-1-8(6-17)9(3-10)7-18/h1-5,20H,19H2. The van der Waals surface area contributed by atoms with Crippen LogP contribution in [-0.4, -0.2) is 0 Å². The van der Waals surface area contributed by atoms with Crippen molar-refractivity contribution in [3.63, 3.8) is 0 Å². The Morgan fingerprint density at radius 3 is 2.45 bits per heavy atom. The predicted octanol–water partition coefficient (Wildman–Crippen LogP) is 3.66.